The quantitative estimate of drug-likeness (QED) is 0.329. The lowest BCUT2D eigenvalue weighted by Gasteiger charge is -1.96. The number of rotatable bonds is 5. The first-order valence-corrected chi connectivity index (χ1v) is 3.42. The molecule has 0 spiro atoms. The van der Waals surface area contributed by atoms with E-state index in [-0.39, 0.29) is 0 Å². The molecule has 0 fully saturated rings. The van der Waals surface area contributed by atoms with Gasteiger partial charge in [0, 0.05) is 0 Å². The molecule has 8 heavy (non-hydrogen) atoms. The lowest BCUT2D eigenvalue weighted by Crippen LogP contribution is -2.13. The summed E-state index contributed by atoms with van der Waals surface area (Å²) >= 11 is 5.34. The molecule has 0 aliphatic heterocycles. The zero-order chi connectivity index (χ0) is 6.24. The van der Waals surface area contributed by atoms with Crippen LogP contribution in [0.1, 0.15) is 12.8 Å². The third-order valence-electron chi connectivity index (χ3n) is 0.902. The van der Waals surface area contributed by atoms with Crippen molar-refractivity contribution in [2.75, 3.05) is 19.1 Å². The van der Waals surface area contributed by atoms with Gasteiger partial charge in [-0.1, -0.05) is 0 Å². The first kappa shape index (κ1) is 8.21. The summed E-state index contributed by atoms with van der Waals surface area (Å²) < 4.78 is 0. The van der Waals surface area contributed by atoms with Gasteiger partial charge in [0.05, 0.1) is 6.00 Å². The first-order chi connectivity index (χ1) is 3.91. The molecule has 0 aliphatic rings. The highest BCUT2D eigenvalue weighted by atomic mass is 35.5. The fraction of sp³-hybridized carbons (Fsp3) is 1.00. The van der Waals surface area contributed by atoms with Gasteiger partial charge in [0.1, 0.15) is 0 Å². The van der Waals surface area contributed by atoms with Gasteiger partial charge in [-0.25, -0.2) is 0 Å². The van der Waals surface area contributed by atoms with Crippen LogP contribution in [0.2, 0.25) is 0 Å². The predicted molar refractivity (Wildman–Crippen MR) is 37.0 cm³/mol. The van der Waals surface area contributed by atoms with Crippen LogP contribution in [0.25, 0.3) is 0 Å². The Kier molecular flexibility index (Phi) is 7.40. The van der Waals surface area contributed by atoms with E-state index in [9.17, 15) is 0 Å². The molecule has 0 aromatic heterocycles. The van der Waals surface area contributed by atoms with Crippen molar-refractivity contribution in [2.45, 2.75) is 12.8 Å². The normalized spacial score (nSPS) is 9.75. The molecule has 3 heteroatoms. The molecule has 0 rings (SSSR count). The van der Waals surface area contributed by atoms with Crippen LogP contribution in [0.15, 0.2) is 0 Å². The second kappa shape index (κ2) is 7.21. The molecule has 0 saturated heterocycles. The van der Waals surface area contributed by atoms with Crippen LogP contribution in [0.5, 0.6) is 0 Å². The van der Waals surface area contributed by atoms with E-state index in [0.717, 1.165) is 25.9 Å². The fourth-order valence-electron chi connectivity index (χ4n) is 0.461. The Bertz CT molecular complexity index is 35.4. The molecule has 0 amide bonds. The molecule has 0 radical (unpaired) electrons. The topological polar surface area (TPSA) is 38.0 Å². The minimum atomic E-state index is 0.546. The Hall–Kier alpha value is 0.210. The number of hydrogen-bond donors (Lipinski definition) is 2. The Morgan fingerprint density at radius 3 is 2.62 bits per heavy atom. The second-order valence-electron chi connectivity index (χ2n) is 1.63. The van der Waals surface area contributed by atoms with E-state index in [1.807, 2.05) is 0 Å². The molecule has 0 unspecified atom stereocenters. The monoisotopic (exact) mass is 136 g/mol. The van der Waals surface area contributed by atoms with E-state index in [4.69, 9.17) is 17.3 Å². The maximum absolute atomic E-state index is 5.34. The Balaban J connectivity index is 2.53. The van der Waals surface area contributed by atoms with Gasteiger partial charge in [-0.3, -0.25) is 0 Å². The van der Waals surface area contributed by atoms with Gasteiger partial charge in [0.25, 0.3) is 0 Å². The number of hydrogen-bond acceptors (Lipinski definition) is 2. The van der Waals surface area contributed by atoms with E-state index < -0.39 is 0 Å². The zero-order valence-electron chi connectivity index (χ0n) is 4.99. The van der Waals surface area contributed by atoms with Crippen molar-refractivity contribution in [3.63, 3.8) is 0 Å². The maximum Gasteiger partial charge on any atom is 0.0713 e. The van der Waals surface area contributed by atoms with Gasteiger partial charge in [-0.2, -0.15) is 0 Å². The Labute approximate surface area is 55.4 Å². The molecule has 0 saturated carbocycles. The molecule has 0 aromatic rings. The molecule has 2 nitrogen and oxygen atoms in total. The second-order valence-corrected chi connectivity index (χ2v) is 1.90. The van der Waals surface area contributed by atoms with Crippen molar-refractivity contribution in [1.29, 1.82) is 0 Å². The highest BCUT2D eigenvalue weighted by Crippen LogP contribution is 1.81. The highest BCUT2D eigenvalue weighted by molar-refractivity contribution is 6.17. The van der Waals surface area contributed by atoms with Crippen LogP contribution in [0.3, 0.4) is 0 Å². The van der Waals surface area contributed by atoms with Crippen LogP contribution < -0.4 is 11.1 Å². The van der Waals surface area contributed by atoms with E-state index >= 15 is 0 Å². The van der Waals surface area contributed by atoms with Crippen LogP contribution in [-0.2, 0) is 0 Å². The van der Waals surface area contributed by atoms with Crippen molar-refractivity contribution in [3.05, 3.63) is 0 Å². The van der Waals surface area contributed by atoms with E-state index in [2.05, 4.69) is 5.32 Å². The summed E-state index contributed by atoms with van der Waals surface area (Å²) in [6.07, 6.45) is 2.22. The SMILES string of the molecule is NCCCCNCCl. The van der Waals surface area contributed by atoms with Crippen molar-refractivity contribution >= 4 is 11.6 Å². The van der Waals surface area contributed by atoms with Gasteiger partial charge >= 0.3 is 0 Å². The summed E-state index contributed by atoms with van der Waals surface area (Å²) in [4.78, 5) is 0. The lowest BCUT2D eigenvalue weighted by atomic mass is 10.3. The Morgan fingerprint density at radius 1 is 1.38 bits per heavy atom. The van der Waals surface area contributed by atoms with E-state index in [1.165, 1.54) is 0 Å². The zero-order valence-corrected chi connectivity index (χ0v) is 5.75. The summed E-state index contributed by atoms with van der Waals surface area (Å²) in [5.41, 5.74) is 5.25. The summed E-state index contributed by atoms with van der Waals surface area (Å²) in [5.74, 6) is 0. The van der Waals surface area contributed by atoms with Crippen LogP contribution in [-0.4, -0.2) is 19.1 Å². The fourth-order valence-corrected chi connectivity index (χ4v) is 0.595. The average Bonchev–Trinajstić information content (AvgIpc) is 1.81. The third kappa shape index (κ3) is 6.21. The van der Waals surface area contributed by atoms with Crippen molar-refractivity contribution in [1.82, 2.24) is 5.32 Å². The van der Waals surface area contributed by atoms with E-state index in [1.54, 1.807) is 0 Å². The summed E-state index contributed by atoms with van der Waals surface area (Å²) in [5, 5.41) is 2.99. The van der Waals surface area contributed by atoms with Crippen LogP contribution >= 0.6 is 11.6 Å². The minimum absolute atomic E-state index is 0.546. The van der Waals surface area contributed by atoms with E-state index in [0.29, 0.717) is 6.00 Å². The van der Waals surface area contributed by atoms with Gasteiger partial charge in [-0.05, 0) is 25.9 Å². The molecule has 3 N–H and O–H groups in total. The maximum atomic E-state index is 5.34. The number of halogens is 1. The molecular weight excluding hydrogens is 124 g/mol. The molecular formula is C5H13ClN2. The first-order valence-electron chi connectivity index (χ1n) is 2.88. The number of nitrogens with two attached hydrogens (primary N) is 1. The molecule has 50 valence electrons. The molecule has 0 aliphatic carbocycles. The van der Waals surface area contributed by atoms with Crippen LogP contribution in [0.4, 0.5) is 0 Å². The molecule has 0 aromatic carbocycles. The lowest BCUT2D eigenvalue weighted by molar-refractivity contribution is 0.674. The smallest absolute Gasteiger partial charge is 0.0713 e. The highest BCUT2D eigenvalue weighted by Gasteiger charge is 1.82. The molecule has 0 heterocycles. The standard InChI is InChI=1S/C5H13ClN2/c6-5-8-4-2-1-3-7/h8H,1-5,7H2. The number of alkyl halides is 1. The van der Waals surface area contributed by atoms with Gasteiger partial charge in [0.2, 0.25) is 0 Å². The minimum Gasteiger partial charge on any atom is -0.330 e. The molecule has 0 atom stereocenters. The average molecular weight is 137 g/mol. The Morgan fingerprint density at radius 2 is 2.12 bits per heavy atom. The summed E-state index contributed by atoms with van der Waals surface area (Å²) in [7, 11) is 0. The number of unbranched alkanes of at least 4 members (excludes halogenated alkanes) is 1. The number of nitrogens with one attached hydrogen (secondary N) is 1. The van der Waals surface area contributed by atoms with Crippen LogP contribution in [0, 0.1) is 0 Å². The van der Waals surface area contributed by atoms with Gasteiger partial charge < -0.3 is 11.1 Å². The summed E-state index contributed by atoms with van der Waals surface area (Å²) in [6.45, 7) is 1.77. The largest absolute Gasteiger partial charge is 0.330 e. The van der Waals surface area contributed by atoms with Crippen molar-refractivity contribution in [3.8, 4) is 0 Å². The van der Waals surface area contributed by atoms with Crippen molar-refractivity contribution < 1.29 is 0 Å². The molecule has 0 bridgehead atoms. The predicted octanol–water partition coefficient (Wildman–Crippen LogP) is 0.511. The summed E-state index contributed by atoms with van der Waals surface area (Å²) in [6, 6.07) is 0.546. The van der Waals surface area contributed by atoms with Crippen molar-refractivity contribution in [2.24, 2.45) is 5.73 Å². The third-order valence-corrected chi connectivity index (χ3v) is 1.09. The van der Waals surface area contributed by atoms with Gasteiger partial charge in [-0.15, -0.1) is 11.6 Å². The van der Waals surface area contributed by atoms with Gasteiger partial charge in [0.15, 0.2) is 0 Å².